The molecule has 0 radical (unpaired) electrons. The van der Waals surface area contributed by atoms with Crippen molar-refractivity contribution >= 4 is 17.2 Å². The van der Waals surface area contributed by atoms with E-state index < -0.39 is 0 Å². The number of hydrogen-bond acceptors (Lipinski definition) is 4. The van der Waals surface area contributed by atoms with Crippen LogP contribution in [-0.2, 0) is 5.41 Å². The zero-order valence-corrected chi connectivity index (χ0v) is 14.7. The highest BCUT2D eigenvalue weighted by atomic mass is 16.3. The summed E-state index contributed by atoms with van der Waals surface area (Å²) in [6.07, 6.45) is 2.02. The van der Waals surface area contributed by atoms with E-state index in [-0.39, 0.29) is 11.2 Å². The first-order valence-corrected chi connectivity index (χ1v) is 7.96. The van der Waals surface area contributed by atoms with Crippen LogP contribution in [0, 0.1) is 13.8 Å². The second kappa shape index (κ2) is 5.74. The first-order valence-electron chi connectivity index (χ1n) is 7.96. The fourth-order valence-electron chi connectivity index (χ4n) is 2.59. The Morgan fingerprint density at radius 2 is 1.79 bits per heavy atom. The van der Waals surface area contributed by atoms with E-state index in [4.69, 9.17) is 4.98 Å². The molecule has 0 aliphatic rings. The van der Waals surface area contributed by atoms with Gasteiger partial charge in [-0.25, -0.2) is 4.98 Å². The average Bonchev–Trinajstić information content (AvgIpc) is 2.84. The van der Waals surface area contributed by atoms with Gasteiger partial charge in [-0.2, -0.15) is 0 Å². The molecule has 3 aromatic rings. The summed E-state index contributed by atoms with van der Waals surface area (Å²) in [5.41, 5.74) is 4.38. The minimum Gasteiger partial charge on any atom is -0.508 e. The number of rotatable bonds is 2. The molecule has 3 rings (SSSR count). The lowest BCUT2D eigenvalue weighted by Crippen LogP contribution is -2.11. The number of phenols is 1. The molecule has 1 aromatic carbocycles. The second-order valence-electron chi connectivity index (χ2n) is 7.14. The molecule has 2 aromatic heterocycles. The summed E-state index contributed by atoms with van der Waals surface area (Å²) in [6.45, 7) is 10.3. The van der Waals surface area contributed by atoms with E-state index >= 15 is 0 Å². The van der Waals surface area contributed by atoms with Gasteiger partial charge in [0.25, 0.3) is 0 Å². The predicted octanol–water partition coefficient (Wildman–Crippen LogP) is 5.37. The maximum absolute atomic E-state index is 9.53. The molecule has 0 saturated carbocycles. The van der Waals surface area contributed by atoms with Gasteiger partial charge in [0, 0.05) is 11.6 Å². The lowest BCUT2D eigenvalue weighted by Gasteiger charge is -2.15. The smallest absolute Gasteiger partial charge is 0.183 e. The van der Waals surface area contributed by atoms with Crippen LogP contribution in [0.25, 0.3) is 5.65 Å². The van der Waals surface area contributed by atoms with Gasteiger partial charge in [-0.05, 0) is 49.2 Å². The summed E-state index contributed by atoms with van der Waals surface area (Å²) in [5.74, 6) is 0.973. The second-order valence-corrected chi connectivity index (χ2v) is 7.14. The van der Waals surface area contributed by atoms with Crippen molar-refractivity contribution in [2.45, 2.75) is 40.0 Å². The normalized spacial score (nSPS) is 12.4. The van der Waals surface area contributed by atoms with Crippen LogP contribution in [0.5, 0.6) is 5.75 Å². The van der Waals surface area contributed by atoms with E-state index in [2.05, 4.69) is 31.0 Å². The van der Waals surface area contributed by atoms with Crippen molar-refractivity contribution in [2.75, 3.05) is 0 Å². The molecule has 24 heavy (non-hydrogen) atoms. The minimum absolute atomic E-state index is 0.141. The molecule has 0 amide bonds. The van der Waals surface area contributed by atoms with Crippen LogP contribution in [0.2, 0.25) is 0 Å². The minimum atomic E-state index is -0.141. The molecule has 0 unspecified atom stereocenters. The highest BCUT2D eigenvalue weighted by molar-refractivity contribution is 5.55. The monoisotopic (exact) mass is 322 g/mol. The number of nitrogens with zero attached hydrogens (tertiary/aromatic N) is 4. The summed E-state index contributed by atoms with van der Waals surface area (Å²) in [4.78, 5) is 4.74. The molecule has 5 nitrogen and oxygen atoms in total. The Balaban J connectivity index is 2.16. The van der Waals surface area contributed by atoms with Crippen molar-refractivity contribution in [2.24, 2.45) is 10.2 Å². The quantitative estimate of drug-likeness (QED) is 0.645. The molecule has 124 valence electrons. The highest BCUT2D eigenvalue weighted by Crippen LogP contribution is 2.34. The molecule has 0 aliphatic carbocycles. The number of aryl methyl sites for hydroxylation is 2. The van der Waals surface area contributed by atoms with Crippen molar-refractivity contribution in [1.82, 2.24) is 9.38 Å². The van der Waals surface area contributed by atoms with Crippen LogP contribution < -0.4 is 0 Å². The molecule has 0 fully saturated rings. The first-order chi connectivity index (χ1) is 11.3. The van der Waals surface area contributed by atoms with Crippen LogP contribution >= 0.6 is 0 Å². The Morgan fingerprint density at radius 1 is 1.04 bits per heavy atom. The lowest BCUT2D eigenvalue weighted by atomic mass is 9.92. The fourth-order valence-corrected chi connectivity index (χ4v) is 2.59. The summed E-state index contributed by atoms with van der Waals surface area (Å²) in [5, 5.41) is 18.4. The number of benzene rings is 1. The third-order valence-corrected chi connectivity index (χ3v) is 3.88. The third kappa shape index (κ3) is 3.02. The number of fused-ring (bicyclic) bond motifs is 1. The van der Waals surface area contributed by atoms with Gasteiger partial charge in [-0.15, -0.1) is 10.2 Å². The zero-order chi connectivity index (χ0) is 17.5. The topological polar surface area (TPSA) is 62.2 Å². The van der Waals surface area contributed by atoms with E-state index in [0.717, 1.165) is 34.0 Å². The molecular formula is C19H22N4O. The SMILES string of the molecule is Cc1ccc2nc(C(C)(C)C)c(N=Nc3ccc(O)cc3C)n2c1. The van der Waals surface area contributed by atoms with Gasteiger partial charge in [-0.1, -0.05) is 26.8 Å². The number of aromatic nitrogens is 2. The van der Waals surface area contributed by atoms with Gasteiger partial charge in [0.05, 0.1) is 11.4 Å². The standard InChI is InChI=1S/C19H22N4O/c1-12-6-9-16-20-17(19(3,4)5)18(23(16)11-12)22-21-15-8-7-14(24)10-13(15)2/h6-11,24H,1-5H3. The summed E-state index contributed by atoms with van der Waals surface area (Å²) in [7, 11) is 0. The van der Waals surface area contributed by atoms with Crippen LogP contribution in [0.4, 0.5) is 11.5 Å². The zero-order valence-electron chi connectivity index (χ0n) is 14.7. The number of hydrogen-bond donors (Lipinski definition) is 1. The maximum atomic E-state index is 9.53. The summed E-state index contributed by atoms with van der Waals surface area (Å²) < 4.78 is 1.98. The van der Waals surface area contributed by atoms with E-state index in [1.165, 1.54) is 0 Å². The van der Waals surface area contributed by atoms with Crippen molar-refractivity contribution in [3.8, 4) is 5.75 Å². The summed E-state index contributed by atoms with van der Waals surface area (Å²) in [6, 6.07) is 9.09. The molecule has 0 bridgehead atoms. The van der Waals surface area contributed by atoms with E-state index in [9.17, 15) is 5.11 Å². The average molecular weight is 322 g/mol. The van der Waals surface area contributed by atoms with Gasteiger partial charge in [-0.3, -0.25) is 4.40 Å². The van der Waals surface area contributed by atoms with Crippen LogP contribution in [0.15, 0.2) is 46.8 Å². The van der Waals surface area contributed by atoms with Crippen molar-refractivity contribution < 1.29 is 5.11 Å². The van der Waals surface area contributed by atoms with Crippen LogP contribution in [0.3, 0.4) is 0 Å². The molecule has 0 atom stereocenters. The molecular weight excluding hydrogens is 300 g/mol. The molecule has 0 saturated heterocycles. The Bertz CT molecular complexity index is 932. The van der Waals surface area contributed by atoms with E-state index in [0.29, 0.717) is 0 Å². The highest BCUT2D eigenvalue weighted by Gasteiger charge is 2.24. The predicted molar refractivity (Wildman–Crippen MR) is 95.6 cm³/mol. The van der Waals surface area contributed by atoms with Crippen LogP contribution in [0.1, 0.15) is 37.6 Å². The van der Waals surface area contributed by atoms with E-state index in [1.807, 2.05) is 36.6 Å². The molecule has 1 N–H and O–H groups in total. The van der Waals surface area contributed by atoms with E-state index in [1.54, 1.807) is 18.2 Å². The molecule has 0 aliphatic heterocycles. The van der Waals surface area contributed by atoms with Crippen molar-refractivity contribution in [3.05, 3.63) is 53.3 Å². The number of azo groups is 1. The molecule has 2 heterocycles. The van der Waals surface area contributed by atoms with Crippen LogP contribution in [-0.4, -0.2) is 14.5 Å². The van der Waals surface area contributed by atoms with Crippen molar-refractivity contribution in [1.29, 1.82) is 0 Å². The van der Waals surface area contributed by atoms with Gasteiger partial charge < -0.3 is 5.11 Å². The molecule has 5 heteroatoms. The lowest BCUT2D eigenvalue weighted by molar-refractivity contribution is 0.475. The number of imidazole rings is 1. The Hall–Kier alpha value is -2.69. The molecule has 0 spiro atoms. The van der Waals surface area contributed by atoms with Gasteiger partial charge in [0.15, 0.2) is 5.82 Å². The van der Waals surface area contributed by atoms with Gasteiger partial charge >= 0.3 is 0 Å². The Kier molecular flexibility index (Phi) is 3.87. The Labute approximate surface area is 141 Å². The van der Waals surface area contributed by atoms with Gasteiger partial charge in [0.2, 0.25) is 0 Å². The largest absolute Gasteiger partial charge is 0.508 e. The van der Waals surface area contributed by atoms with Crippen molar-refractivity contribution in [3.63, 3.8) is 0 Å². The summed E-state index contributed by atoms with van der Waals surface area (Å²) >= 11 is 0. The third-order valence-electron chi connectivity index (χ3n) is 3.88. The maximum Gasteiger partial charge on any atom is 0.183 e. The number of aromatic hydroxyl groups is 1. The van der Waals surface area contributed by atoms with Gasteiger partial charge in [0.1, 0.15) is 11.4 Å². The Morgan fingerprint density at radius 3 is 2.46 bits per heavy atom. The fraction of sp³-hybridized carbons (Fsp3) is 0.316. The number of pyridine rings is 1. The number of phenolic OH excluding ortho intramolecular Hbond substituents is 1. The first kappa shape index (κ1) is 16.2.